The maximum atomic E-state index is 2.20. The standard InChI is InChI=1S/C15H16N.BrH/c1-3-9-15(10-4-1)11-5-8-14-16-12-6-2-7-13-16;/h1-4,6-10,12-14H,5,11H2;1H/q+1;/p-1. The van der Waals surface area contributed by atoms with E-state index in [2.05, 4.69) is 47.2 Å². The Bertz CT molecular complexity index is 437. The molecule has 0 spiro atoms. The number of nitrogens with zero attached hydrogens (tertiary/aromatic N) is 1. The molecule has 1 nitrogen and oxygen atoms in total. The van der Waals surface area contributed by atoms with E-state index >= 15 is 0 Å². The molecule has 2 heteroatoms. The normalized spacial score (nSPS) is 10.1. The predicted molar refractivity (Wildman–Crippen MR) is 66.7 cm³/mol. The smallest absolute Gasteiger partial charge is 0.174 e. The van der Waals surface area contributed by atoms with Crippen LogP contribution in [0, 0.1) is 0 Å². The van der Waals surface area contributed by atoms with Crippen LogP contribution in [0.15, 0.2) is 67.0 Å². The van der Waals surface area contributed by atoms with Gasteiger partial charge < -0.3 is 17.0 Å². The fourth-order valence-electron chi connectivity index (χ4n) is 1.60. The second kappa shape index (κ2) is 7.80. The SMILES string of the molecule is C(=C[n+]1ccccc1)CCc1ccccc1.[Br-]. The lowest BCUT2D eigenvalue weighted by Crippen LogP contribution is -3.00. The number of benzene rings is 1. The molecule has 0 aliphatic heterocycles. The first-order valence-electron chi connectivity index (χ1n) is 5.61. The van der Waals surface area contributed by atoms with Gasteiger partial charge in [-0.1, -0.05) is 36.4 Å². The van der Waals surface area contributed by atoms with Crippen molar-refractivity contribution in [2.75, 3.05) is 0 Å². The highest BCUT2D eigenvalue weighted by molar-refractivity contribution is 5.16. The van der Waals surface area contributed by atoms with Gasteiger partial charge in [0, 0.05) is 12.1 Å². The minimum absolute atomic E-state index is 0. The van der Waals surface area contributed by atoms with Crippen LogP contribution < -0.4 is 21.5 Å². The first kappa shape index (κ1) is 13.7. The Kier molecular flexibility index (Phi) is 6.26. The van der Waals surface area contributed by atoms with Crippen molar-refractivity contribution in [3.8, 4) is 0 Å². The first-order valence-corrected chi connectivity index (χ1v) is 5.61. The number of hydrogen-bond donors (Lipinski definition) is 0. The molecule has 0 saturated carbocycles. The summed E-state index contributed by atoms with van der Waals surface area (Å²) in [6.45, 7) is 0. The Balaban J connectivity index is 0.00000144. The molecule has 1 heterocycles. The van der Waals surface area contributed by atoms with Gasteiger partial charge in [-0.15, -0.1) is 0 Å². The van der Waals surface area contributed by atoms with E-state index in [1.807, 2.05) is 30.6 Å². The van der Waals surface area contributed by atoms with Gasteiger partial charge in [0.15, 0.2) is 18.6 Å². The van der Waals surface area contributed by atoms with E-state index in [9.17, 15) is 0 Å². The van der Waals surface area contributed by atoms with E-state index in [0.29, 0.717) is 0 Å². The molecule has 17 heavy (non-hydrogen) atoms. The van der Waals surface area contributed by atoms with E-state index in [1.54, 1.807) is 0 Å². The average molecular weight is 290 g/mol. The molecule has 88 valence electrons. The fraction of sp³-hybridized carbons (Fsp3) is 0.133. The number of rotatable bonds is 4. The molecule has 2 aromatic rings. The van der Waals surface area contributed by atoms with Crippen LogP contribution in [0.2, 0.25) is 0 Å². The maximum absolute atomic E-state index is 2.20. The zero-order valence-corrected chi connectivity index (χ0v) is 11.3. The lowest BCUT2D eigenvalue weighted by atomic mass is 10.1. The summed E-state index contributed by atoms with van der Waals surface area (Å²) in [5.74, 6) is 0. The Hall–Kier alpha value is -1.41. The Morgan fingerprint density at radius 3 is 2.24 bits per heavy atom. The van der Waals surface area contributed by atoms with Crippen molar-refractivity contribution in [1.82, 2.24) is 0 Å². The number of pyridine rings is 1. The molecule has 0 N–H and O–H groups in total. The third kappa shape index (κ3) is 4.96. The average Bonchev–Trinajstić information content (AvgIpc) is 2.37. The molecule has 0 radical (unpaired) electrons. The highest BCUT2D eigenvalue weighted by Crippen LogP contribution is 2.02. The molecule has 0 amide bonds. The lowest BCUT2D eigenvalue weighted by Gasteiger charge is -1.95. The van der Waals surface area contributed by atoms with Crippen LogP contribution in [-0.2, 0) is 6.42 Å². The van der Waals surface area contributed by atoms with Crippen molar-refractivity contribution in [3.63, 3.8) is 0 Å². The van der Waals surface area contributed by atoms with Gasteiger partial charge in [0.05, 0.1) is 0 Å². The van der Waals surface area contributed by atoms with E-state index in [1.165, 1.54) is 5.56 Å². The summed E-state index contributed by atoms with van der Waals surface area (Å²) < 4.78 is 2.06. The van der Waals surface area contributed by atoms with Crippen molar-refractivity contribution in [2.45, 2.75) is 12.8 Å². The van der Waals surface area contributed by atoms with Crippen LogP contribution >= 0.6 is 0 Å². The summed E-state index contributed by atoms with van der Waals surface area (Å²) in [5, 5.41) is 0. The third-order valence-electron chi connectivity index (χ3n) is 2.46. The quantitative estimate of drug-likeness (QED) is 0.702. The van der Waals surface area contributed by atoms with Gasteiger partial charge >= 0.3 is 0 Å². The summed E-state index contributed by atoms with van der Waals surface area (Å²) >= 11 is 0. The monoisotopic (exact) mass is 289 g/mol. The van der Waals surface area contributed by atoms with Gasteiger partial charge in [-0.25, -0.2) is 0 Å². The fourth-order valence-corrected chi connectivity index (χ4v) is 1.60. The van der Waals surface area contributed by atoms with E-state index in [-0.39, 0.29) is 17.0 Å². The molecule has 0 bridgehead atoms. The van der Waals surface area contributed by atoms with Gasteiger partial charge in [0.1, 0.15) is 0 Å². The minimum Gasteiger partial charge on any atom is -1.00 e. The van der Waals surface area contributed by atoms with E-state index in [4.69, 9.17) is 0 Å². The molecule has 0 aliphatic rings. The highest BCUT2D eigenvalue weighted by atomic mass is 79.9. The number of allylic oxidation sites excluding steroid dienone is 1. The summed E-state index contributed by atoms with van der Waals surface area (Å²) in [6, 6.07) is 16.7. The molecule has 1 aromatic heterocycles. The van der Waals surface area contributed by atoms with Crippen LogP contribution in [0.25, 0.3) is 6.20 Å². The Morgan fingerprint density at radius 1 is 0.882 bits per heavy atom. The molecule has 2 rings (SSSR count). The van der Waals surface area contributed by atoms with Crippen LogP contribution in [0.4, 0.5) is 0 Å². The zero-order chi connectivity index (χ0) is 11.1. The summed E-state index contributed by atoms with van der Waals surface area (Å²) in [6.07, 6.45) is 10.6. The highest BCUT2D eigenvalue weighted by Gasteiger charge is 1.91. The van der Waals surface area contributed by atoms with E-state index < -0.39 is 0 Å². The molecule has 0 atom stereocenters. The van der Waals surface area contributed by atoms with E-state index in [0.717, 1.165) is 12.8 Å². The topological polar surface area (TPSA) is 3.88 Å². The lowest BCUT2D eigenvalue weighted by molar-refractivity contribution is -0.568. The minimum atomic E-state index is 0. The molecule has 0 unspecified atom stereocenters. The molecule has 0 fully saturated rings. The van der Waals surface area contributed by atoms with Crippen molar-refractivity contribution in [3.05, 3.63) is 72.6 Å². The largest absolute Gasteiger partial charge is 1.00 e. The predicted octanol–water partition coefficient (Wildman–Crippen LogP) is 0.0816. The second-order valence-corrected chi connectivity index (χ2v) is 3.73. The number of halogens is 1. The number of aryl methyl sites for hydroxylation is 1. The summed E-state index contributed by atoms with van der Waals surface area (Å²) in [5.41, 5.74) is 1.39. The van der Waals surface area contributed by atoms with Crippen LogP contribution in [0.5, 0.6) is 0 Å². The van der Waals surface area contributed by atoms with Gasteiger partial charge in [0.25, 0.3) is 0 Å². The van der Waals surface area contributed by atoms with Crippen molar-refractivity contribution >= 4 is 6.20 Å². The van der Waals surface area contributed by atoms with Crippen molar-refractivity contribution < 1.29 is 21.5 Å². The van der Waals surface area contributed by atoms with Gasteiger partial charge in [0.2, 0.25) is 0 Å². The second-order valence-electron chi connectivity index (χ2n) is 3.73. The van der Waals surface area contributed by atoms with Crippen LogP contribution in [0.3, 0.4) is 0 Å². The summed E-state index contributed by atoms with van der Waals surface area (Å²) in [4.78, 5) is 0. The Morgan fingerprint density at radius 2 is 1.53 bits per heavy atom. The third-order valence-corrected chi connectivity index (χ3v) is 2.46. The molecular formula is C15H16BrN. The summed E-state index contributed by atoms with van der Waals surface area (Å²) in [7, 11) is 0. The molecule has 0 saturated heterocycles. The van der Waals surface area contributed by atoms with Gasteiger partial charge in [-0.05, 0) is 24.5 Å². The molecular weight excluding hydrogens is 274 g/mol. The van der Waals surface area contributed by atoms with Gasteiger partial charge in [-0.3, -0.25) is 0 Å². The van der Waals surface area contributed by atoms with Crippen LogP contribution in [-0.4, -0.2) is 0 Å². The van der Waals surface area contributed by atoms with Gasteiger partial charge in [-0.2, -0.15) is 4.57 Å². The van der Waals surface area contributed by atoms with Crippen molar-refractivity contribution in [2.24, 2.45) is 0 Å². The molecule has 1 aromatic carbocycles. The number of aromatic nitrogens is 1. The number of hydrogen-bond acceptors (Lipinski definition) is 0. The maximum Gasteiger partial charge on any atom is 0.174 e. The molecule has 0 aliphatic carbocycles. The van der Waals surface area contributed by atoms with Crippen LogP contribution in [0.1, 0.15) is 12.0 Å². The van der Waals surface area contributed by atoms with Crippen molar-refractivity contribution in [1.29, 1.82) is 0 Å². The Labute approximate surface area is 113 Å². The zero-order valence-electron chi connectivity index (χ0n) is 9.67. The first-order chi connectivity index (χ1) is 7.95.